The van der Waals surface area contributed by atoms with Crippen LogP contribution in [0.25, 0.3) is 0 Å². The summed E-state index contributed by atoms with van der Waals surface area (Å²) in [5.41, 5.74) is 7.61. The molecule has 0 saturated heterocycles. The van der Waals surface area contributed by atoms with Gasteiger partial charge in [-0.15, -0.1) is 0 Å². The molecule has 0 radical (unpaired) electrons. The maximum absolute atomic E-state index is 13.4. The quantitative estimate of drug-likeness (QED) is 0.476. The van der Waals surface area contributed by atoms with Crippen LogP contribution in [0.2, 0.25) is 0 Å². The molecule has 4 rings (SSSR count). The van der Waals surface area contributed by atoms with Crippen LogP contribution in [0.3, 0.4) is 0 Å². The Labute approximate surface area is 200 Å². The van der Waals surface area contributed by atoms with Crippen LogP contribution in [0.5, 0.6) is 0 Å². The zero-order valence-corrected chi connectivity index (χ0v) is 19.9. The molecule has 34 heavy (non-hydrogen) atoms. The van der Waals surface area contributed by atoms with E-state index < -0.39 is 26.3 Å². The van der Waals surface area contributed by atoms with Crippen LogP contribution >= 0.6 is 11.3 Å². The molecule has 1 aliphatic carbocycles. The minimum Gasteiger partial charge on any atom is -0.384 e. The number of ketones is 1. The van der Waals surface area contributed by atoms with Gasteiger partial charge in [-0.05, 0) is 42.2 Å². The van der Waals surface area contributed by atoms with Crippen LogP contribution < -0.4 is 15.8 Å². The number of nitrogens with two attached hydrogens (primary N) is 2. The van der Waals surface area contributed by atoms with Gasteiger partial charge in [0, 0.05) is 34.3 Å². The fraction of sp³-hybridized carbons (Fsp3) is 0.273. The highest BCUT2D eigenvalue weighted by Gasteiger charge is 2.45. The van der Waals surface area contributed by atoms with Gasteiger partial charge in [0.1, 0.15) is 5.82 Å². The van der Waals surface area contributed by atoms with Crippen LogP contribution in [0.15, 0.2) is 64.0 Å². The molecule has 2 aromatic rings. The number of benzene rings is 1. The summed E-state index contributed by atoms with van der Waals surface area (Å²) < 4.78 is 23.4. The highest BCUT2D eigenvalue weighted by molar-refractivity contribution is 7.89. The van der Waals surface area contributed by atoms with Crippen LogP contribution in [0.1, 0.15) is 37.5 Å². The summed E-state index contributed by atoms with van der Waals surface area (Å²) >= 11 is 0.903. The van der Waals surface area contributed by atoms with Crippen LogP contribution in [0.4, 0.5) is 10.7 Å². The minimum absolute atomic E-state index is 0.0798. The number of sulfonamides is 1. The van der Waals surface area contributed by atoms with Gasteiger partial charge < -0.3 is 5.73 Å². The van der Waals surface area contributed by atoms with Crippen molar-refractivity contribution in [1.29, 1.82) is 5.26 Å². The maximum Gasteiger partial charge on any atom is 0.324 e. The Morgan fingerprint density at radius 3 is 2.38 bits per heavy atom. The lowest BCUT2D eigenvalue weighted by molar-refractivity contribution is -0.380. The maximum atomic E-state index is 13.4. The highest BCUT2D eigenvalue weighted by atomic mass is 32.2. The average Bonchev–Trinajstić information content (AvgIpc) is 3.22. The first-order chi connectivity index (χ1) is 15.8. The van der Waals surface area contributed by atoms with Crippen molar-refractivity contribution >= 4 is 37.8 Å². The largest absolute Gasteiger partial charge is 0.384 e. The first-order valence-electron chi connectivity index (χ1n) is 10.2. The molecule has 0 fully saturated rings. The number of hydrogen-bond acceptors (Lipinski definition) is 9. The molecule has 4 N–H and O–H groups in total. The lowest BCUT2D eigenvalue weighted by atomic mass is 9.69. The van der Waals surface area contributed by atoms with E-state index in [2.05, 4.69) is 6.07 Å². The highest BCUT2D eigenvalue weighted by Crippen LogP contribution is 2.51. The van der Waals surface area contributed by atoms with E-state index in [9.17, 15) is 28.6 Å². The first kappa shape index (κ1) is 23.6. The Morgan fingerprint density at radius 2 is 1.85 bits per heavy atom. The number of Topliss-reactive ketones (excluding diaryl/α,β-unsaturated/α-hetero) is 1. The summed E-state index contributed by atoms with van der Waals surface area (Å²) in [7, 11) is -3.91. The summed E-state index contributed by atoms with van der Waals surface area (Å²) in [6.45, 7) is 3.89. The van der Waals surface area contributed by atoms with E-state index in [1.165, 1.54) is 30.3 Å². The number of anilines is 1. The van der Waals surface area contributed by atoms with Crippen molar-refractivity contribution in [2.75, 3.05) is 4.90 Å². The number of carbonyl (C=O) groups is 1. The van der Waals surface area contributed by atoms with E-state index in [1.54, 1.807) is 11.0 Å². The van der Waals surface area contributed by atoms with Gasteiger partial charge >= 0.3 is 5.00 Å². The normalized spacial score (nSPS) is 20.2. The van der Waals surface area contributed by atoms with Crippen molar-refractivity contribution in [1.82, 2.24) is 0 Å². The molecule has 2 heterocycles. The number of rotatable bonds is 4. The molecular weight excluding hydrogens is 478 g/mol. The van der Waals surface area contributed by atoms with Gasteiger partial charge in [-0.2, -0.15) is 5.26 Å². The van der Waals surface area contributed by atoms with Crippen molar-refractivity contribution in [3.63, 3.8) is 0 Å². The zero-order valence-electron chi connectivity index (χ0n) is 18.3. The minimum atomic E-state index is -3.91. The number of carbonyl (C=O) groups excluding carboxylic acids is 1. The molecule has 1 aromatic heterocycles. The van der Waals surface area contributed by atoms with E-state index >= 15 is 0 Å². The SMILES string of the molecule is CC1(C)CC(=O)C2=C(C1)N(c1ccc(S(N)(=O)=O)cc1)C(N)=C(C#N)[C@H]2c1ccc([N+](=O)[O-])s1. The number of hydrogen-bond donors (Lipinski definition) is 2. The second-order valence-corrected chi connectivity index (χ2v) is 11.6. The van der Waals surface area contributed by atoms with Gasteiger partial charge in [-0.1, -0.05) is 25.2 Å². The second kappa shape index (κ2) is 8.05. The van der Waals surface area contributed by atoms with Crippen molar-refractivity contribution in [2.45, 2.75) is 37.5 Å². The molecule has 0 amide bonds. The molecule has 10 nitrogen and oxygen atoms in total. The molecule has 0 saturated carbocycles. The number of nitriles is 1. The van der Waals surface area contributed by atoms with E-state index in [-0.39, 0.29) is 33.5 Å². The summed E-state index contributed by atoms with van der Waals surface area (Å²) in [6.07, 6.45) is 0.695. The third kappa shape index (κ3) is 3.98. The Kier molecular flexibility index (Phi) is 5.59. The molecular formula is C22H21N5O5S2. The van der Waals surface area contributed by atoms with Crippen LogP contribution in [-0.2, 0) is 14.8 Å². The van der Waals surface area contributed by atoms with Crippen molar-refractivity contribution in [2.24, 2.45) is 16.3 Å². The summed E-state index contributed by atoms with van der Waals surface area (Å²) in [5.74, 6) is -0.905. The summed E-state index contributed by atoms with van der Waals surface area (Å²) in [4.78, 5) is 26.1. The fourth-order valence-electron chi connectivity index (χ4n) is 4.47. The lowest BCUT2D eigenvalue weighted by Crippen LogP contribution is -2.42. The van der Waals surface area contributed by atoms with E-state index in [0.717, 1.165) is 11.3 Å². The topological polar surface area (TPSA) is 173 Å². The fourth-order valence-corrected chi connectivity index (χ4v) is 5.93. The van der Waals surface area contributed by atoms with E-state index in [0.29, 0.717) is 28.3 Å². The molecule has 1 aliphatic heterocycles. The Bertz CT molecular complexity index is 1430. The van der Waals surface area contributed by atoms with Crippen molar-refractivity contribution < 1.29 is 18.1 Å². The number of primary sulfonamides is 1. The van der Waals surface area contributed by atoms with Gasteiger partial charge in [0.15, 0.2) is 5.78 Å². The van der Waals surface area contributed by atoms with Gasteiger partial charge in [0.2, 0.25) is 10.0 Å². The Morgan fingerprint density at radius 1 is 1.21 bits per heavy atom. The average molecular weight is 500 g/mol. The van der Waals surface area contributed by atoms with Gasteiger partial charge in [0.25, 0.3) is 0 Å². The molecule has 0 spiro atoms. The number of nitro groups is 1. The second-order valence-electron chi connectivity index (χ2n) is 8.95. The van der Waals surface area contributed by atoms with Gasteiger partial charge in [0.05, 0.1) is 27.4 Å². The first-order valence-corrected chi connectivity index (χ1v) is 12.5. The summed E-state index contributed by atoms with van der Waals surface area (Å²) in [5, 5.41) is 26.4. The van der Waals surface area contributed by atoms with Gasteiger partial charge in [-0.25, -0.2) is 13.6 Å². The molecule has 0 bridgehead atoms. The molecule has 176 valence electrons. The zero-order chi connectivity index (χ0) is 25.0. The number of nitrogens with zero attached hydrogens (tertiary/aromatic N) is 3. The monoisotopic (exact) mass is 499 g/mol. The molecule has 1 aromatic carbocycles. The molecule has 1 atom stereocenters. The molecule has 0 unspecified atom stereocenters. The van der Waals surface area contributed by atoms with Crippen molar-refractivity contribution in [3.05, 3.63) is 74.1 Å². The molecule has 2 aliphatic rings. The third-order valence-corrected chi connectivity index (χ3v) is 7.91. The Balaban J connectivity index is 1.95. The third-order valence-electron chi connectivity index (χ3n) is 5.88. The Hall–Kier alpha value is -3.53. The van der Waals surface area contributed by atoms with Crippen LogP contribution in [0, 0.1) is 26.9 Å². The summed E-state index contributed by atoms with van der Waals surface area (Å²) in [6, 6.07) is 10.7. The number of thiophene rings is 1. The lowest BCUT2D eigenvalue weighted by Gasteiger charge is -2.43. The molecule has 12 heteroatoms. The number of allylic oxidation sites excluding steroid dienone is 3. The predicted octanol–water partition coefficient (Wildman–Crippen LogP) is 3.24. The van der Waals surface area contributed by atoms with Crippen LogP contribution in [-0.4, -0.2) is 19.1 Å². The van der Waals surface area contributed by atoms with E-state index in [1.807, 2.05) is 13.8 Å². The van der Waals surface area contributed by atoms with E-state index in [4.69, 9.17) is 10.9 Å². The van der Waals surface area contributed by atoms with Crippen molar-refractivity contribution in [3.8, 4) is 6.07 Å². The smallest absolute Gasteiger partial charge is 0.324 e. The standard InChI is InChI=1S/C22H21N5O5S2/c1-22(2)9-15-20(16(28)10-22)19(17-7-8-18(33-17)27(29)30)14(11-23)21(24)26(15)12-3-5-13(6-4-12)34(25,31)32/h3-8,19H,9-10,24H2,1-2H3,(H2,25,31,32)/t19-/m0/s1. The van der Waals surface area contributed by atoms with Gasteiger partial charge in [-0.3, -0.25) is 19.8 Å². The predicted molar refractivity (Wildman–Crippen MR) is 126 cm³/mol.